The van der Waals surface area contributed by atoms with Crippen LogP contribution in [0.1, 0.15) is 16.7 Å². The summed E-state index contributed by atoms with van der Waals surface area (Å²) in [6.07, 6.45) is 0. The Hall–Kier alpha value is -2.52. The maximum Gasteiger partial charge on any atom is 0.124 e. The number of halogens is 2. The highest BCUT2D eigenvalue weighted by atomic mass is 35.5. The molecular weight excluding hydrogens is 401 g/mol. The quantitative estimate of drug-likeness (QED) is 0.353. The van der Waals surface area contributed by atoms with Crippen molar-refractivity contribution >= 4 is 34.8 Å². The Labute approximate surface area is 182 Å². The van der Waals surface area contributed by atoms with Gasteiger partial charge in [-0.2, -0.15) is 0 Å². The van der Waals surface area contributed by atoms with Gasteiger partial charge in [0.05, 0.1) is 0 Å². The van der Waals surface area contributed by atoms with Crippen molar-refractivity contribution in [2.75, 3.05) is 0 Å². The largest absolute Gasteiger partial charge is 0.488 e. The Bertz CT molecular complexity index is 1070. The van der Waals surface area contributed by atoms with Crippen molar-refractivity contribution in [3.05, 3.63) is 113 Å². The molecule has 0 saturated heterocycles. The van der Waals surface area contributed by atoms with Gasteiger partial charge in [-0.15, -0.1) is 12.4 Å². The van der Waals surface area contributed by atoms with E-state index >= 15 is 0 Å². The SMILES string of the molecule is Cl.Clc1ccccc1COc1ccc2ccccc2c1CNCc1ccccc1. The average molecular weight is 424 g/mol. The summed E-state index contributed by atoms with van der Waals surface area (Å²) < 4.78 is 6.19. The zero-order valence-corrected chi connectivity index (χ0v) is 17.5. The third-order valence-electron chi connectivity index (χ3n) is 4.81. The molecule has 0 radical (unpaired) electrons. The normalized spacial score (nSPS) is 10.5. The lowest BCUT2D eigenvalue weighted by atomic mass is 10.0. The third-order valence-corrected chi connectivity index (χ3v) is 5.18. The van der Waals surface area contributed by atoms with Gasteiger partial charge in [-0.25, -0.2) is 0 Å². The minimum absolute atomic E-state index is 0. The fourth-order valence-corrected chi connectivity index (χ4v) is 3.52. The summed E-state index contributed by atoms with van der Waals surface area (Å²) in [5.74, 6) is 0.888. The smallest absolute Gasteiger partial charge is 0.124 e. The van der Waals surface area contributed by atoms with Crippen LogP contribution in [-0.2, 0) is 19.7 Å². The number of rotatable bonds is 7. The molecule has 0 aliphatic heterocycles. The summed E-state index contributed by atoms with van der Waals surface area (Å²) in [4.78, 5) is 0. The highest BCUT2D eigenvalue weighted by Crippen LogP contribution is 2.29. The van der Waals surface area contributed by atoms with E-state index in [0.717, 1.165) is 29.4 Å². The summed E-state index contributed by atoms with van der Waals surface area (Å²) in [7, 11) is 0. The van der Waals surface area contributed by atoms with Crippen LogP contribution in [0.4, 0.5) is 0 Å². The molecule has 4 rings (SSSR count). The minimum Gasteiger partial charge on any atom is -0.488 e. The van der Waals surface area contributed by atoms with Crippen LogP contribution in [0.5, 0.6) is 5.75 Å². The van der Waals surface area contributed by atoms with Crippen molar-refractivity contribution in [3.8, 4) is 5.75 Å². The van der Waals surface area contributed by atoms with Crippen LogP contribution in [0.15, 0.2) is 91.0 Å². The van der Waals surface area contributed by atoms with Crippen molar-refractivity contribution < 1.29 is 4.74 Å². The molecule has 0 aromatic heterocycles. The fraction of sp³-hybridized carbons (Fsp3) is 0.120. The number of nitrogens with one attached hydrogen (secondary N) is 1. The molecule has 1 N–H and O–H groups in total. The molecule has 0 unspecified atom stereocenters. The average Bonchev–Trinajstić information content (AvgIpc) is 2.74. The standard InChI is InChI=1S/C25H22ClNO.ClH/c26-24-13-7-5-11-21(24)18-28-25-15-14-20-10-4-6-12-22(20)23(25)17-27-16-19-8-2-1-3-9-19;/h1-15,27H,16-18H2;1H. The summed E-state index contributed by atoms with van der Waals surface area (Å²) in [5, 5.41) is 6.70. The molecule has 0 heterocycles. The minimum atomic E-state index is 0. The molecule has 0 bridgehead atoms. The second-order valence-corrected chi connectivity index (χ2v) is 7.14. The lowest BCUT2D eigenvalue weighted by Crippen LogP contribution is -2.14. The van der Waals surface area contributed by atoms with Gasteiger partial charge in [-0.1, -0.05) is 90.5 Å². The van der Waals surface area contributed by atoms with Gasteiger partial charge in [-0.05, 0) is 28.5 Å². The molecule has 4 aromatic carbocycles. The monoisotopic (exact) mass is 423 g/mol. The van der Waals surface area contributed by atoms with Gasteiger partial charge < -0.3 is 10.1 Å². The first-order valence-corrected chi connectivity index (χ1v) is 9.80. The summed E-state index contributed by atoms with van der Waals surface area (Å²) >= 11 is 6.28. The molecule has 0 aliphatic rings. The number of fused-ring (bicyclic) bond motifs is 1. The van der Waals surface area contributed by atoms with Crippen LogP contribution in [0, 0.1) is 0 Å². The van der Waals surface area contributed by atoms with Gasteiger partial charge >= 0.3 is 0 Å². The van der Waals surface area contributed by atoms with Crippen molar-refractivity contribution in [2.24, 2.45) is 0 Å². The summed E-state index contributed by atoms with van der Waals surface area (Å²) in [5.41, 5.74) is 3.42. The van der Waals surface area contributed by atoms with E-state index in [1.807, 2.05) is 30.3 Å². The van der Waals surface area contributed by atoms with Crippen LogP contribution in [-0.4, -0.2) is 0 Å². The van der Waals surface area contributed by atoms with Crippen LogP contribution >= 0.6 is 24.0 Å². The highest BCUT2D eigenvalue weighted by molar-refractivity contribution is 6.31. The van der Waals surface area contributed by atoms with Crippen LogP contribution in [0.3, 0.4) is 0 Å². The fourth-order valence-electron chi connectivity index (χ4n) is 3.33. The maximum absolute atomic E-state index is 6.28. The maximum atomic E-state index is 6.28. The summed E-state index contributed by atoms with van der Waals surface area (Å²) in [6.45, 7) is 1.99. The van der Waals surface area contributed by atoms with E-state index in [1.165, 1.54) is 21.9 Å². The van der Waals surface area contributed by atoms with Crippen molar-refractivity contribution in [2.45, 2.75) is 19.7 Å². The molecule has 0 fully saturated rings. The molecule has 0 amide bonds. The molecule has 0 saturated carbocycles. The molecule has 4 heteroatoms. The first-order valence-electron chi connectivity index (χ1n) is 9.43. The predicted octanol–water partition coefficient (Wildman–Crippen LogP) is 6.78. The Morgan fingerprint density at radius 3 is 2.28 bits per heavy atom. The first-order chi connectivity index (χ1) is 13.8. The third kappa shape index (κ3) is 5.30. The van der Waals surface area contributed by atoms with E-state index < -0.39 is 0 Å². The van der Waals surface area contributed by atoms with Crippen LogP contribution in [0.2, 0.25) is 5.02 Å². The number of hydrogen-bond donors (Lipinski definition) is 1. The lowest BCUT2D eigenvalue weighted by Gasteiger charge is -2.16. The first kappa shape index (κ1) is 21.2. The zero-order valence-electron chi connectivity index (χ0n) is 16.0. The topological polar surface area (TPSA) is 21.3 Å². The molecule has 0 aliphatic carbocycles. The van der Waals surface area contributed by atoms with E-state index in [2.05, 4.69) is 66.0 Å². The van der Waals surface area contributed by atoms with E-state index in [-0.39, 0.29) is 12.4 Å². The van der Waals surface area contributed by atoms with Crippen molar-refractivity contribution in [1.82, 2.24) is 5.32 Å². The number of benzene rings is 4. The molecule has 29 heavy (non-hydrogen) atoms. The molecule has 2 nitrogen and oxygen atoms in total. The van der Waals surface area contributed by atoms with Gasteiger partial charge in [0.15, 0.2) is 0 Å². The van der Waals surface area contributed by atoms with Gasteiger partial charge in [0.2, 0.25) is 0 Å². The predicted molar refractivity (Wildman–Crippen MR) is 124 cm³/mol. The number of ether oxygens (including phenoxy) is 1. The van der Waals surface area contributed by atoms with Crippen LogP contribution < -0.4 is 10.1 Å². The van der Waals surface area contributed by atoms with Gasteiger partial charge in [0, 0.05) is 29.2 Å². The van der Waals surface area contributed by atoms with Gasteiger partial charge in [0.1, 0.15) is 12.4 Å². The lowest BCUT2D eigenvalue weighted by molar-refractivity contribution is 0.303. The second-order valence-electron chi connectivity index (χ2n) is 6.73. The molecule has 0 spiro atoms. The number of hydrogen-bond acceptors (Lipinski definition) is 2. The van der Waals surface area contributed by atoms with Crippen molar-refractivity contribution in [3.63, 3.8) is 0 Å². The van der Waals surface area contributed by atoms with E-state index in [0.29, 0.717) is 6.61 Å². The Morgan fingerprint density at radius 2 is 1.45 bits per heavy atom. The second kappa shape index (κ2) is 10.3. The molecule has 0 atom stereocenters. The van der Waals surface area contributed by atoms with E-state index in [1.54, 1.807) is 0 Å². The Morgan fingerprint density at radius 1 is 0.724 bits per heavy atom. The van der Waals surface area contributed by atoms with Gasteiger partial charge in [-0.3, -0.25) is 0 Å². The van der Waals surface area contributed by atoms with Crippen LogP contribution in [0.25, 0.3) is 10.8 Å². The van der Waals surface area contributed by atoms with E-state index in [9.17, 15) is 0 Å². The summed E-state index contributed by atoms with van der Waals surface area (Å²) in [6, 6.07) is 30.8. The van der Waals surface area contributed by atoms with Gasteiger partial charge in [0.25, 0.3) is 0 Å². The van der Waals surface area contributed by atoms with E-state index in [4.69, 9.17) is 16.3 Å². The van der Waals surface area contributed by atoms with Crippen molar-refractivity contribution in [1.29, 1.82) is 0 Å². The Kier molecular flexibility index (Phi) is 7.54. The molecular formula is C25H23Cl2NO. The molecule has 148 valence electrons. The molecule has 4 aromatic rings. The zero-order chi connectivity index (χ0) is 19.2. The Balaban J connectivity index is 0.00000240. The highest BCUT2D eigenvalue weighted by Gasteiger charge is 2.10.